The number of amides is 1. The largest absolute Gasteiger partial charge is 0.416 e. The number of sulfonamides is 1. The van der Waals surface area contributed by atoms with Gasteiger partial charge in [0.15, 0.2) is 0 Å². The third kappa shape index (κ3) is 6.19. The maximum Gasteiger partial charge on any atom is 0.416 e. The maximum atomic E-state index is 13.1. The summed E-state index contributed by atoms with van der Waals surface area (Å²) < 4.78 is 77.3. The zero-order valence-electron chi connectivity index (χ0n) is 17.3. The van der Waals surface area contributed by atoms with Crippen molar-refractivity contribution in [2.45, 2.75) is 12.7 Å². The number of benzene rings is 2. The first-order valence-corrected chi connectivity index (χ1v) is 11.7. The molecule has 0 saturated carbocycles. The molecular weight excluding hydrogens is 450 g/mol. The Bertz CT molecular complexity index is 1050. The minimum atomic E-state index is -4.44. The molecule has 2 aromatic rings. The van der Waals surface area contributed by atoms with Crippen molar-refractivity contribution in [1.29, 1.82) is 0 Å². The van der Waals surface area contributed by atoms with Gasteiger partial charge in [0.05, 0.1) is 18.4 Å². The van der Waals surface area contributed by atoms with Crippen molar-refractivity contribution in [3.05, 3.63) is 65.5 Å². The number of carbonyl (C=O) groups is 1. The van der Waals surface area contributed by atoms with Crippen LogP contribution in [0.1, 0.15) is 11.1 Å². The van der Waals surface area contributed by atoms with E-state index in [0.717, 1.165) is 22.7 Å². The quantitative estimate of drug-likeness (QED) is 0.606. The fraction of sp³-hybridized carbons (Fsp3) is 0.381. The van der Waals surface area contributed by atoms with Crippen LogP contribution in [0.3, 0.4) is 0 Å². The first kappa shape index (κ1) is 24.0. The summed E-state index contributed by atoms with van der Waals surface area (Å²) in [4.78, 5) is 16.0. The predicted molar refractivity (Wildman–Crippen MR) is 112 cm³/mol. The molecule has 0 N–H and O–H groups in total. The second-order valence-electron chi connectivity index (χ2n) is 7.57. The van der Waals surface area contributed by atoms with Crippen LogP contribution in [0, 0.1) is 5.82 Å². The summed E-state index contributed by atoms with van der Waals surface area (Å²) in [5.74, 6) is -0.851. The van der Waals surface area contributed by atoms with Crippen LogP contribution in [0.4, 0.5) is 23.2 Å². The lowest BCUT2D eigenvalue weighted by Crippen LogP contribution is -2.51. The van der Waals surface area contributed by atoms with Gasteiger partial charge in [0.2, 0.25) is 15.9 Å². The van der Waals surface area contributed by atoms with Gasteiger partial charge in [0.1, 0.15) is 5.82 Å². The summed E-state index contributed by atoms with van der Waals surface area (Å²) >= 11 is 0. The average Bonchev–Trinajstić information content (AvgIpc) is 2.73. The Balaban J connectivity index is 1.62. The second-order valence-corrected chi connectivity index (χ2v) is 9.56. The Kier molecular flexibility index (Phi) is 7.09. The maximum absolute atomic E-state index is 13.1. The third-order valence-corrected chi connectivity index (χ3v) is 6.42. The summed E-state index contributed by atoms with van der Waals surface area (Å²) in [6, 6.07) is 10.3. The normalized spacial score (nSPS) is 15.3. The zero-order chi connectivity index (χ0) is 23.5. The van der Waals surface area contributed by atoms with Crippen LogP contribution in [-0.4, -0.2) is 62.5 Å². The highest BCUT2D eigenvalue weighted by molar-refractivity contribution is 7.88. The van der Waals surface area contributed by atoms with Gasteiger partial charge in [-0.1, -0.05) is 18.2 Å². The van der Waals surface area contributed by atoms with Crippen molar-refractivity contribution in [1.82, 2.24) is 9.21 Å². The SMILES string of the molecule is CS(=O)(=O)N(CC(=O)N1CCN(c2cccc(C(F)(F)F)c2)CC1)Cc1ccc(F)cc1. The molecule has 2 aromatic carbocycles. The standard InChI is InChI=1S/C21H23F4N3O3S/c1-32(30,31)28(14-16-5-7-18(22)8-6-16)15-20(29)27-11-9-26(10-12-27)19-4-2-3-17(13-19)21(23,24)25/h2-8,13H,9-12,14-15H2,1H3. The van der Waals surface area contributed by atoms with Gasteiger partial charge in [-0.3, -0.25) is 4.79 Å². The molecular formula is C21H23F4N3O3S. The molecule has 1 fully saturated rings. The summed E-state index contributed by atoms with van der Waals surface area (Å²) in [7, 11) is -3.70. The molecule has 3 rings (SSSR count). The second kappa shape index (κ2) is 9.45. The van der Waals surface area contributed by atoms with E-state index in [0.29, 0.717) is 24.3 Å². The van der Waals surface area contributed by atoms with Gasteiger partial charge in [-0.25, -0.2) is 12.8 Å². The Morgan fingerprint density at radius 1 is 1.03 bits per heavy atom. The molecule has 1 saturated heterocycles. The van der Waals surface area contributed by atoms with E-state index in [-0.39, 0.29) is 26.2 Å². The summed E-state index contributed by atoms with van der Waals surface area (Å²) in [6.07, 6.45) is -3.44. The van der Waals surface area contributed by atoms with E-state index in [4.69, 9.17) is 0 Å². The highest BCUT2D eigenvalue weighted by Gasteiger charge is 2.31. The van der Waals surface area contributed by atoms with Gasteiger partial charge in [-0.05, 0) is 35.9 Å². The average molecular weight is 473 g/mol. The van der Waals surface area contributed by atoms with Crippen LogP contribution in [0.15, 0.2) is 48.5 Å². The van der Waals surface area contributed by atoms with Crippen LogP contribution >= 0.6 is 0 Å². The molecule has 1 aliphatic heterocycles. The first-order valence-electron chi connectivity index (χ1n) is 9.83. The molecule has 174 valence electrons. The van der Waals surface area contributed by atoms with Crippen LogP contribution in [0.5, 0.6) is 0 Å². The number of halogens is 4. The number of hydrogen-bond donors (Lipinski definition) is 0. The highest BCUT2D eigenvalue weighted by Crippen LogP contribution is 2.31. The fourth-order valence-electron chi connectivity index (χ4n) is 3.43. The number of rotatable bonds is 6. The smallest absolute Gasteiger partial charge is 0.368 e. The van der Waals surface area contributed by atoms with Gasteiger partial charge in [-0.2, -0.15) is 17.5 Å². The van der Waals surface area contributed by atoms with E-state index in [1.807, 2.05) is 0 Å². The third-order valence-electron chi connectivity index (χ3n) is 5.22. The van der Waals surface area contributed by atoms with E-state index in [9.17, 15) is 30.8 Å². The molecule has 1 heterocycles. The minimum Gasteiger partial charge on any atom is -0.368 e. The van der Waals surface area contributed by atoms with Crippen LogP contribution in [0.2, 0.25) is 0 Å². The topological polar surface area (TPSA) is 60.9 Å². The summed E-state index contributed by atoms with van der Waals surface area (Å²) in [5, 5.41) is 0. The van der Waals surface area contributed by atoms with Crippen LogP contribution in [-0.2, 0) is 27.5 Å². The van der Waals surface area contributed by atoms with E-state index < -0.39 is 33.5 Å². The molecule has 0 spiro atoms. The molecule has 6 nitrogen and oxygen atoms in total. The van der Waals surface area contributed by atoms with Crippen molar-refractivity contribution in [2.75, 3.05) is 43.9 Å². The molecule has 32 heavy (non-hydrogen) atoms. The van der Waals surface area contributed by atoms with Gasteiger partial charge in [0, 0.05) is 38.4 Å². The van der Waals surface area contributed by atoms with Gasteiger partial charge in [0.25, 0.3) is 0 Å². The van der Waals surface area contributed by atoms with E-state index in [1.54, 1.807) is 11.0 Å². The minimum absolute atomic E-state index is 0.0744. The first-order chi connectivity index (χ1) is 14.9. The van der Waals surface area contributed by atoms with Crippen molar-refractivity contribution in [3.63, 3.8) is 0 Å². The lowest BCUT2D eigenvalue weighted by Gasteiger charge is -2.37. The summed E-state index contributed by atoms with van der Waals surface area (Å²) in [5.41, 5.74) is 0.220. The molecule has 0 atom stereocenters. The Morgan fingerprint density at radius 3 is 2.22 bits per heavy atom. The number of piperazine rings is 1. The number of nitrogens with zero attached hydrogens (tertiary/aromatic N) is 3. The predicted octanol–water partition coefficient (Wildman–Crippen LogP) is 2.95. The number of anilines is 1. The number of carbonyl (C=O) groups excluding carboxylic acids is 1. The lowest BCUT2D eigenvalue weighted by atomic mass is 10.1. The van der Waals surface area contributed by atoms with E-state index in [1.165, 1.54) is 35.2 Å². The highest BCUT2D eigenvalue weighted by atomic mass is 32.2. The van der Waals surface area contributed by atoms with Crippen molar-refractivity contribution >= 4 is 21.6 Å². The van der Waals surface area contributed by atoms with Crippen molar-refractivity contribution in [3.8, 4) is 0 Å². The molecule has 0 aliphatic carbocycles. The Labute approximate surface area is 184 Å². The molecule has 0 radical (unpaired) electrons. The lowest BCUT2D eigenvalue weighted by molar-refractivity contribution is -0.137. The Morgan fingerprint density at radius 2 is 1.66 bits per heavy atom. The summed E-state index contributed by atoms with van der Waals surface area (Å²) in [6.45, 7) is 0.703. The van der Waals surface area contributed by atoms with Gasteiger partial charge < -0.3 is 9.80 Å². The van der Waals surface area contributed by atoms with Crippen molar-refractivity contribution in [2.24, 2.45) is 0 Å². The molecule has 0 bridgehead atoms. The van der Waals surface area contributed by atoms with Gasteiger partial charge in [-0.15, -0.1) is 0 Å². The molecule has 0 unspecified atom stereocenters. The molecule has 1 aliphatic rings. The van der Waals surface area contributed by atoms with E-state index in [2.05, 4.69) is 0 Å². The fourth-order valence-corrected chi connectivity index (χ4v) is 4.16. The monoisotopic (exact) mass is 473 g/mol. The van der Waals surface area contributed by atoms with Crippen LogP contribution in [0.25, 0.3) is 0 Å². The van der Waals surface area contributed by atoms with Gasteiger partial charge >= 0.3 is 6.18 Å². The number of hydrogen-bond acceptors (Lipinski definition) is 4. The van der Waals surface area contributed by atoms with Crippen molar-refractivity contribution < 1.29 is 30.8 Å². The molecule has 1 amide bonds. The number of alkyl halides is 3. The van der Waals surface area contributed by atoms with E-state index >= 15 is 0 Å². The molecule has 11 heteroatoms. The zero-order valence-corrected chi connectivity index (χ0v) is 18.2. The Hall–Kier alpha value is -2.66. The molecule has 0 aromatic heterocycles. The van der Waals surface area contributed by atoms with Crippen LogP contribution < -0.4 is 4.90 Å².